The molecule has 31 heavy (non-hydrogen) atoms. The molecule has 0 fully saturated rings. The second-order valence-electron chi connectivity index (χ2n) is 7.55. The number of amides is 3. The first-order valence-corrected chi connectivity index (χ1v) is 10.0. The number of carbonyl (C=O) groups is 4. The van der Waals surface area contributed by atoms with E-state index in [0.717, 1.165) is 0 Å². The number of H-pyrrole nitrogens is 1. The molecular weight excluding hydrogens is 408 g/mol. The number of aliphatic hydroxyl groups is 1. The first-order valence-electron chi connectivity index (χ1n) is 10.0. The van der Waals surface area contributed by atoms with Gasteiger partial charge >= 0.3 is 5.97 Å². The number of carboxylic acids is 1. The van der Waals surface area contributed by atoms with Crippen LogP contribution >= 0.6 is 0 Å². The van der Waals surface area contributed by atoms with E-state index in [1.807, 2.05) is 6.92 Å². The van der Waals surface area contributed by atoms with E-state index in [1.54, 1.807) is 6.92 Å². The Balaban J connectivity index is 2.73. The summed E-state index contributed by atoms with van der Waals surface area (Å²) in [6.45, 7) is 6.33. The molecule has 0 aromatic carbocycles. The number of nitrogens with two attached hydrogens (primary N) is 1. The first kappa shape index (κ1) is 26.0. The highest BCUT2D eigenvalue weighted by atomic mass is 16.4. The highest BCUT2D eigenvalue weighted by Crippen LogP contribution is 2.06. The normalized spacial score (nSPS) is 16.8. The molecule has 0 bridgehead atoms. The van der Waals surface area contributed by atoms with Crippen LogP contribution in [0.25, 0.3) is 0 Å². The van der Waals surface area contributed by atoms with Gasteiger partial charge in [0.25, 0.3) is 0 Å². The predicted octanol–water partition coefficient (Wildman–Crippen LogP) is -1.73. The van der Waals surface area contributed by atoms with E-state index in [4.69, 9.17) is 5.73 Å². The molecule has 8 N–H and O–H groups in total. The largest absolute Gasteiger partial charge is 0.480 e. The maximum Gasteiger partial charge on any atom is 0.326 e. The molecule has 1 heterocycles. The summed E-state index contributed by atoms with van der Waals surface area (Å²) >= 11 is 0. The summed E-state index contributed by atoms with van der Waals surface area (Å²) in [5.41, 5.74) is 6.37. The molecule has 0 spiro atoms. The number of carboxylic acid groups (broad SMARTS) is 1. The summed E-state index contributed by atoms with van der Waals surface area (Å²) in [6.07, 6.45) is 2.20. The third kappa shape index (κ3) is 7.98. The molecule has 6 unspecified atom stereocenters. The third-order valence-electron chi connectivity index (χ3n) is 4.97. The third-order valence-corrected chi connectivity index (χ3v) is 4.97. The number of hydrogen-bond donors (Lipinski definition) is 7. The molecule has 0 aliphatic carbocycles. The predicted molar refractivity (Wildman–Crippen MR) is 111 cm³/mol. The van der Waals surface area contributed by atoms with Crippen molar-refractivity contribution in [2.75, 3.05) is 0 Å². The summed E-state index contributed by atoms with van der Waals surface area (Å²) in [4.78, 5) is 55.2. The van der Waals surface area contributed by atoms with Crippen LogP contribution in [0.5, 0.6) is 0 Å². The van der Waals surface area contributed by atoms with Crippen molar-refractivity contribution in [2.45, 2.75) is 70.8 Å². The molecule has 174 valence electrons. The maximum atomic E-state index is 12.5. The second-order valence-corrected chi connectivity index (χ2v) is 7.55. The van der Waals surface area contributed by atoms with E-state index in [9.17, 15) is 29.4 Å². The summed E-state index contributed by atoms with van der Waals surface area (Å²) in [7, 11) is 0. The zero-order valence-electron chi connectivity index (χ0n) is 18.1. The molecule has 1 rings (SSSR count). The van der Waals surface area contributed by atoms with Crippen LogP contribution in [-0.4, -0.2) is 74.1 Å². The van der Waals surface area contributed by atoms with E-state index in [-0.39, 0.29) is 12.3 Å². The van der Waals surface area contributed by atoms with E-state index in [2.05, 4.69) is 25.9 Å². The number of carbonyl (C=O) groups excluding carboxylic acids is 3. The summed E-state index contributed by atoms with van der Waals surface area (Å²) < 4.78 is 0. The highest BCUT2D eigenvalue weighted by Gasteiger charge is 2.31. The molecule has 0 saturated carbocycles. The average molecular weight is 441 g/mol. The van der Waals surface area contributed by atoms with E-state index in [1.165, 1.54) is 26.4 Å². The number of aliphatic hydroxyl groups excluding tert-OH is 1. The van der Waals surface area contributed by atoms with Gasteiger partial charge in [-0.2, -0.15) is 0 Å². The summed E-state index contributed by atoms with van der Waals surface area (Å²) in [5.74, 6) is -3.53. The molecule has 1 aromatic rings. The van der Waals surface area contributed by atoms with Gasteiger partial charge < -0.3 is 36.9 Å². The van der Waals surface area contributed by atoms with Crippen LogP contribution in [0, 0.1) is 5.92 Å². The number of aromatic amines is 1. The van der Waals surface area contributed by atoms with E-state index < -0.39 is 54.0 Å². The van der Waals surface area contributed by atoms with Gasteiger partial charge in [-0.25, -0.2) is 9.78 Å². The Morgan fingerprint density at radius 3 is 2.23 bits per heavy atom. The lowest BCUT2D eigenvalue weighted by atomic mass is 9.98. The molecule has 0 saturated heterocycles. The van der Waals surface area contributed by atoms with Crippen LogP contribution < -0.4 is 21.7 Å². The van der Waals surface area contributed by atoms with Crippen LogP contribution in [0.1, 0.15) is 39.8 Å². The fraction of sp³-hybridized carbons (Fsp3) is 0.632. The lowest BCUT2D eigenvalue weighted by Gasteiger charge is -2.26. The van der Waals surface area contributed by atoms with Crippen molar-refractivity contribution >= 4 is 23.7 Å². The molecule has 12 heteroatoms. The van der Waals surface area contributed by atoms with Crippen molar-refractivity contribution in [3.63, 3.8) is 0 Å². The van der Waals surface area contributed by atoms with Crippen molar-refractivity contribution in [1.29, 1.82) is 0 Å². The van der Waals surface area contributed by atoms with Gasteiger partial charge in [-0.05, 0) is 19.8 Å². The second kappa shape index (κ2) is 12.0. The van der Waals surface area contributed by atoms with Crippen molar-refractivity contribution in [3.8, 4) is 0 Å². The Bertz CT molecular complexity index is 753. The number of hydrogen-bond acceptors (Lipinski definition) is 7. The van der Waals surface area contributed by atoms with Crippen LogP contribution in [-0.2, 0) is 25.6 Å². The summed E-state index contributed by atoms with van der Waals surface area (Å²) in [5, 5.41) is 26.4. The maximum absolute atomic E-state index is 12.5. The first-order chi connectivity index (χ1) is 14.5. The van der Waals surface area contributed by atoms with Gasteiger partial charge in [-0.1, -0.05) is 20.3 Å². The highest BCUT2D eigenvalue weighted by molar-refractivity contribution is 5.94. The van der Waals surface area contributed by atoms with Gasteiger partial charge in [-0.15, -0.1) is 0 Å². The molecule has 3 amide bonds. The average Bonchev–Trinajstić information content (AvgIpc) is 3.22. The van der Waals surface area contributed by atoms with Crippen molar-refractivity contribution in [2.24, 2.45) is 11.7 Å². The fourth-order valence-corrected chi connectivity index (χ4v) is 2.65. The Labute approximate surface area is 180 Å². The molecule has 6 atom stereocenters. The lowest BCUT2D eigenvalue weighted by molar-refractivity contribution is -0.142. The smallest absolute Gasteiger partial charge is 0.326 e. The monoisotopic (exact) mass is 440 g/mol. The Morgan fingerprint density at radius 2 is 1.74 bits per heavy atom. The summed E-state index contributed by atoms with van der Waals surface area (Å²) in [6, 6.07) is -4.57. The molecule has 0 radical (unpaired) electrons. The topological polar surface area (TPSA) is 200 Å². The molecule has 0 aliphatic heterocycles. The van der Waals surface area contributed by atoms with Gasteiger partial charge in [0.1, 0.15) is 18.1 Å². The molecule has 0 aliphatic rings. The number of aliphatic carboxylic acids is 1. The number of nitrogens with zero attached hydrogens (tertiary/aromatic N) is 1. The minimum Gasteiger partial charge on any atom is -0.480 e. The van der Waals surface area contributed by atoms with Crippen molar-refractivity contribution < 1.29 is 29.4 Å². The Hall–Kier alpha value is -2.99. The lowest BCUT2D eigenvalue weighted by Crippen LogP contribution is -2.59. The van der Waals surface area contributed by atoms with Gasteiger partial charge in [0, 0.05) is 18.3 Å². The molecular formula is C19H32N6O6. The number of nitrogens with one attached hydrogen (secondary N) is 4. The van der Waals surface area contributed by atoms with Crippen molar-refractivity contribution in [1.82, 2.24) is 25.9 Å². The van der Waals surface area contributed by atoms with Crippen LogP contribution in [0.4, 0.5) is 0 Å². The minimum atomic E-state index is -1.34. The Kier molecular flexibility index (Phi) is 10.1. The fourth-order valence-electron chi connectivity index (χ4n) is 2.65. The molecule has 12 nitrogen and oxygen atoms in total. The minimum absolute atomic E-state index is 0.0262. The van der Waals surface area contributed by atoms with Gasteiger partial charge in [0.05, 0.1) is 18.5 Å². The van der Waals surface area contributed by atoms with Gasteiger partial charge in [0.15, 0.2) is 0 Å². The molecule has 1 aromatic heterocycles. The number of aromatic nitrogens is 2. The number of rotatable bonds is 12. The van der Waals surface area contributed by atoms with Gasteiger partial charge in [-0.3, -0.25) is 14.4 Å². The quantitative estimate of drug-likeness (QED) is 0.199. The van der Waals surface area contributed by atoms with Crippen molar-refractivity contribution in [3.05, 3.63) is 18.2 Å². The number of imidazole rings is 1. The van der Waals surface area contributed by atoms with E-state index in [0.29, 0.717) is 12.1 Å². The Morgan fingerprint density at radius 1 is 1.10 bits per heavy atom. The van der Waals surface area contributed by atoms with Crippen LogP contribution in [0.15, 0.2) is 12.5 Å². The SMILES string of the molecule is CCC(C)C(N)C(=O)NC(C(=O)NC(C)C(=O)NC(Cc1cnc[nH]1)C(=O)O)C(C)O. The zero-order valence-corrected chi connectivity index (χ0v) is 18.1. The zero-order chi connectivity index (χ0) is 23.7. The standard InChI is InChI=1S/C19H32N6O6/c1-5-9(2)14(20)17(28)25-15(11(4)26)18(29)23-10(3)16(27)24-13(19(30)31)6-12-7-21-8-22-12/h7-11,13-15,26H,5-6,20H2,1-4H3,(H,21,22)(H,23,29)(H,24,27)(H,25,28)(H,30,31). The van der Waals surface area contributed by atoms with Gasteiger partial charge in [0.2, 0.25) is 17.7 Å². The van der Waals surface area contributed by atoms with Crippen LogP contribution in [0.3, 0.4) is 0 Å². The van der Waals surface area contributed by atoms with E-state index >= 15 is 0 Å². The van der Waals surface area contributed by atoms with Crippen LogP contribution in [0.2, 0.25) is 0 Å².